The molecule has 0 saturated carbocycles. The van der Waals surface area contributed by atoms with Crippen LogP contribution in [0.5, 0.6) is 5.75 Å². The Morgan fingerprint density at radius 1 is 1.22 bits per heavy atom. The van der Waals surface area contributed by atoms with E-state index in [-0.39, 0.29) is 17.6 Å². The van der Waals surface area contributed by atoms with Crippen LogP contribution in [0.4, 0.5) is 4.79 Å². The Balaban J connectivity index is 1.99. The van der Waals surface area contributed by atoms with Crippen molar-refractivity contribution < 1.29 is 23.9 Å². The van der Waals surface area contributed by atoms with Gasteiger partial charge in [-0.05, 0) is 55.3 Å². The fourth-order valence-electron chi connectivity index (χ4n) is 2.25. The number of unbranched alkanes of at least 4 members (excludes halogenated alkanes) is 1. The fourth-order valence-corrected chi connectivity index (χ4v) is 3.09. The summed E-state index contributed by atoms with van der Waals surface area (Å²) in [5, 5.41) is -0.463. The van der Waals surface area contributed by atoms with Gasteiger partial charge >= 0.3 is 5.97 Å². The van der Waals surface area contributed by atoms with Gasteiger partial charge in [0, 0.05) is 0 Å². The molecule has 0 aromatic heterocycles. The molecule has 0 aliphatic carbocycles. The molecule has 1 heterocycles. The maximum atomic E-state index is 12.4. The van der Waals surface area contributed by atoms with Crippen molar-refractivity contribution >= 4 is 35.0 Å². The average Bonchev–Trinajstić information content (AvgIpc) is 2.91. The number of benzene rings is 1. The Bertz CT molecular complexity index is 714. The maximum Gasteiger partial charge on any atom is 0.326 e. The minimum absolute atomic E-state index is 0.129. The largest absolute Gasteiger partial charge is 0.491 e. The molecule has 6 nitrogen and oxygen atoms in total. The highest BCUT2D eigenvalue weighted by molar-refractivity contribution is 8.18. The first-order valence-corrected chi connectivity index (χ1v) is 9.94. The van der Waals surface area contributed by atoms with Gasteiger partial charge in [0.1, 0.15) is 12.3 Å². The standard InChI is InChI=1S/C20H25NO5S/c1-4-6-11-25-18(22)13-21-19(23)17(27-20(21)24)12-15-7-9-16(10-8-15)26-14(3)5-2/h7-10,12,14H,4-6,11,13H2,1-3H3/b17-12-/t14-/m0/s1. The van der Waals surface area contributed by atoms with Crippen molar-refractivity contribution in [1.82, 2.24) is 4.90 Å². The molecule has 0 unspecified atom stereocenters. The number of imide groups is 1. The molecule has 1 fully saturated rings. The smallest absolute Gasteiger partial charge is 0.326 e. The van der Waals surface area contributed by atoms with Crippen LogP contribution in [0.25, 0.3) is 6.08 Å². The molecule has 1 aromatic carbocycles. The Morgan fingerprint density at radius 3 is 2.56 bits per heavy atom. The average molecular weight is 391 g/mol. The summed E-state index contributed by atoms with van der Waals surface area (Å²) in [5.41, 5.74) is 0.780. The number of nitrogens with zero attached hydrogens (tertiary/aromatic N) is 1. The van der Waals surface area contributed by atoms with E-state index in [9.17, 15) is 14.4 Å². The van der Waals surface area contributed by atoms with E-state index in [4.69, 9.17) is 9.47 Å². The lowest BCUT2D eigenvalue weighted by molar-refractivity contribution is -0.146. The van der Waals surface area contributed by atoms with Gasteiger partial charge in [-0.1, -0.05) is 32.4 Å². The maximum absolute atomic E-state index is 12.4. The van der Waals surface area contributed by atoms with E-state index in [1.54, 1.807) is 6.08 Å². The molecular formula is C20H25NO5S. The van der Waals surface area contributed by atoms with Gasteiger partial charge < -0.3 is 9.47 Å². The molecule has 1 atom stereocenters. The zero-order valence-corrected chi connectivity index (χ0v) is 16.7. The number of esters is 1. The number of hydrogen-bond acceptors (Lipinski definition) is 6. The van der Waals surface area contributed by atoms with E-state index < -0.39 is 17.1 Å². The molecule has 0 radical (unpaired) electrons. The summed E-state index contributed by atoms with van der Waals surface area (Å²) in [4.78, 5) is 37.5. The highest BCUT2D eigenvalue weighted by Crippen LogP contribution is 2.32. The lowest BCUT2D eigenvalue weighted by atomic mass is 10.2. The summed E-state index contributed by atoms with van der Waals surface area (Å²) >= 11 is 0.825. The van der Waals surface area contributed by atoms with Crippen molar-refractivity contribution in [2.45, 2.75) is 46.1 Å². The van der Waals surface area contributed by atoms with Crippen LogP contribution in [-0.4, -0.2) is 41.3 Å². The SMILES string of the molecule is CCCCOC(=O)CN1C(=O)S/C(=C\c2ccc(O[C@@H](C)CC)cc2)C1=O. The van der Waals surface area contributed by atoms with Gasteiger partial charge in [0.15, 0.2) is 0 Å². The third kappa shape index (κ3) is 6.13. The predicted molar refractivity (Wildman–Crippen MR) is 105 cm³/mol. The summed E-state index contributed by atoms with van der Waals surface area (Å²) in [5.74, 6) is -0.291. The minimum atomic E-state index is -0.571. The number of carbonyl (C=O) groups excluding carboxylic acids is 3. The summed E-state index contributed by atoms with van der Waals surface area (Å²) in [7, 11) is 0. The molecule has 27 heavy (non-hydrogen) atoms. The van der Waals surface area contributed by atoms with Crippen LogP contribution in [0, 0.1) is 0 Å². The molecule has 1 aliphatic heterocycles. The van der Waals surface area contributed by atoms with Gasteiger partial charge in [0.25, 0.3) is 11.1 Å². The molecule has 7 heteroatoms. The molecule has 1 saturated heterocycles. The highest BCUT2D eigenvalue weighted by Gasteiger charge is 2.36. The number of rotatable bonds is 9. The van der Waals surface area contributed by atoms with Crippen molar-refractivity contribution in [3.05, 3.63) is 34.7 Å². The van der Waals surface area contributed by atoms with E-state index in [1.165, 1.54) is 0 Å². The Kier molecular flexibility index (Phi) is 7.91. The van der Waals surface area contributed by atoms with Crippen molar-refractivity contribution in [1.29, 1.82) is 0 Å². The summed E-state index contributed by atoms with van der Waals surface area (Å²) < 4.78 is 10.7. The van der Waals surface area contributed by atoms with Gasteiger partial charge in [-0.15, -0.1) is 0 Å². The van der Waals surface area contributed by atoms with Gasteiger partial charge in [-0.3, -0.25) is 19.3 Å². The topological polar surface area (TPSA) is 72.9 Å². The van der Waals surface area contributed by atoms with Crippen molar-refractivity contribution in [2.24, 2.45) is 0 Å². The van der Waals surface area contributed by atoms with Gasteiger partial charge in [0.05, 0.1) is 17.6 Å². The lowest BCUT2D eigenvalue weighted by Gasteiger charge is -2.12. The van der Waals surface area contributed by atoms with Crippen molar-refractivity contribution in [2.75, 3.05) is 13.2 Å². The first-order valence-electron chi connectivity index (χ1n) is 9.12. The second-order valence-corrected chi connectivity index (χ2v) is 7.24. The fraction of sp³-hybridized carbons (Fsp3) is 0.450. The number of thioether (sulfide) groups is 1. The number of amides is 2. The van der Waals surface area contributed by atoms with E-state index in [0.29, 0.717) is 6.61 Å². The lowest BCUT2D eigenvalue weighted by Crippen LogP contribution is -2.34. The van der Waals surface area contributed by atoms with Crippen LogP contribution in [0.1, 0.15) is 45.6 Å². The number of carbonyl (C=O) groups is 3. The summed E-state index contributed by atoms with van der Waals surface area (Å²) in [6, 6.07) is 7.30. The van der Waals surface area contributed by atoms with Gasteiger partial charge in [-0.25, -0.2) is 0 Å². The minimum Gasteiger partial charge on any atom is -0.491 e. The predicted octanol–water partition coefficient (Wildman–Crippen LogP) is 4.24. The van der Waals surface area contributed by atoms with E-state index in [1.807, 2.05) is 38.1 Å². The van der Waals surface area contributed by atoms with E-state index >= 15 is 0 Å². The molecule has 0 bridgehead atoms. The third-order valence-electron chi connectivity index (χ3n) is 4.01. The first kappa shape index (κ1) is 21.0. The Hall–Kier alpha value is -2.28. The third-order valence-corrected chi connectivity index (χ3v) is 4.92. The highest BCUT2D eigenvalue weighted by atomic mass is 32.2. The van der Waals surface area contributed by atoms with Crippen LogP contribution in [0.3, 0.4) is 0 Å². The molecule has 0 spiro atoms. The molecule has 1 aliphatic rings. The Labute approximate surface area is 163 Å². The quantitative estimate of drug-likeness (QED) is 0.356. The van der Waals surface area contributed by atoms with E-state index in [0.717, 1.165) is 47.2 Å². The molecule has 146 valence electrons. The monoisotopic (exact) mass is 391 g/mol. The zero-order valence-electron chi connectivity index (χ0n) is 15.9. The number of ether oxygens (including phenoxy) is 2. The first-order chi connectivity index (χ1) is 12.9. The second-order valence-electron chi connectivity index (χ2n) is 6.25. The normalized spacial score (nSPS) is 16.7. The van der Waals surface area contributed by atoms with Crippen LogP contribution in [0.15, 0.2) is 29.2 Å². The van der Waals surface area contributed by atoms with Gasteiger partial charge in [0.2, 0.25) is 0 Å². The second kappa shape index (κ2) is 10.2. The van der Waals surface area contributed by atoms with Crippen LogP contribution in [0.2, 0.25) is 0 Å². The molecular weight excluding hydrogens is 366 g/mol. The van der Waals surface area contributed by atoms with Crippen molar-refractivity contribution in [3.8, 4) is 5.75 Å². The van der Waals surface area contributed by atoms with Crippen LogP contribution < -0.4 is 4.74 Å². The molecule has 2 amide bonds. The van der Waals surface area contributed by atoms with Crippen LogP contribution >= 0.6 is 11.8 Å². The molecule has 2 rings (SSSR count). The van der Waals surface area contributed by atoms with Crippen molar-refractivity contribution in [3.63, 3.8) is 0 Å². The summed E-state index contributed by atoms with van der Waals surface area (Å²) in [6.07, 6.45) is 4.34. The Morgan fingerprint density at radius 2 is 1.93 bits per heavy atom. The molecule has 0 N–H and O–H groups in total. The molecule has 1 aromatic rings. The number of hydrogen-bond donors (Lipinski definition) is 0. The van der Waals surface area contributed by atoms with E-state index in [2.05, 4.69) is 6.92 Å². The zero-order chi connectivity index (χ0) is 19.8. The van der Waals surface area contributed by atoms with Crippen LogP contribution in [-0.2, 0) is 14.3 Å². The van der Waals surface area contributed by atoms with Gasteiger partial charge in [-0.2, -0.15) is 0 Å². The summed E-state index contributed by atoms with van der Waals surface area (Å²) in [6.45, 7) is 5.98.